The number of rotatable bonds is 10. The Labute approximate surface area is 161 Å². The molecule has 0 aromatic carbocycles. The first-order chi connectivity index (χ1) is 12.6. The lowest BCUT2D eigenvalue weighted by Gasteiger charge is -2.47. The Morgan fingerprint density at radius 3 is 2.50 bits per heavy atom. The molecule has 0 aromatic heterocycles. The van der Waals surface area contributed by atoms with Gasteiger partial charge in [0.2, 0.25) is 0 Å². The van der Waals surface area contributed by atoms with Gasteiger partial charge in [0.25, 0.3) is 0 Å². The van der Waals surface area contributed by atoms with Crippen molar-refractivity contribution in [2.24, 2.45) is 17.1 Å². The maximum absolute atomic E-state index is 12.8. The summed E-state index contributed by atoms with van der Waals surface area (Å²) in [4.78, 5) is 12.8. The molecule has 1 saturated heterocycles. The molecule has 0 bridgehead atoms. The van der Waals surface area contributed by atoms with E-state index in [4.69, 9.17) is 10.5 Å². The van der Waals surface area contributed by atoms with E-state index in [1.54, 1.807) is 0 Å². The summed E-state index contributed by atoms with van der Waals surface area (Å²) < 4.78 is 6.13. The average Bonchev–Trinajstić information content (AvgIpc) is 2.65. The molecule has 4 nitrogen and oxygen atoms in total. The first-order valence-electron chi connectivity index (χ1n) is 11.3. The summed E-state index contributed by atoms with van der Waals surface area (Å²) in [5.74, 6) is 0.120. The molecule has 26 heavy (non-hydrogen) atoms. The average molecular weight is 367 g/mol. The van der Waals surface area contributed by atoms with E-state index in [1.807, 2.05) is 0 Å². The van der Waals surface area contributed by atoms with Gasteiger partial charge in [0.1, 0.15) is 6.10 Å². The first kappa shape index (κ1) is 21.7. The van der Waals surface area contributed by atoms with Crippen LogP contribution < -0.4 is 11.1 Å². The lowest BCUT2D eigenvalue weighted by atomic mass is 9.65. The largest absolute Gasteiger partial charge is 0.460 e. The van der Waals surface area contributed by atoms with Crippen LogP contribution in [0, 0.1) is 11.3 Å². The van der Waals surface area contributed by atoms with Crippen molar-refractivity contribution in [1.29, 1.82) is 0 Å². The number of hydrogen-bond donors (Lipinski definition) is 2. The van der Waals surface area contributed by atoms with Crippen LogP contribution >= 0.6 is 0 Å². The number of esters is 1. The van der Waals surface area contributed by atoms with Crippen LogP contribution in [0.15, 0.2) is 0 Å². The molecule has 1 saturated carbocycles. The Morgan fingerprint density at radius 2 is 1.81 bits per heavy atom. The summed E-state index contributed by atoms with van der Waals surface area (Å²) in [5, 5.41) is 3.44. The van der Waals surface area contributed by atoms with E-state index < -0.39 is 0 Å². The van der Waals surface area contributed by atoms with Gasteiger partial charge in [-0.3, -0.25) is 4.79 Å². The molecular formula is C22H42N2O2. The molecule has 3 N–H and O–H groups in total. The summed E-state index contributed by atoms with van der Waals surface area (Å²) in [6, 6.07) is 0.336. The van der Waals surface area contributed by atoms with Crippen LogP contribution in [-0.2, 0) is 9.53 Å². The second kappa shape index (κ2) is 11.3. The molecule has 1 aliphatic heterocycles. The predicted octanol–water partition coefficient (Wildman–Crippen LogP) is 4.56. The van der Waals surface area contributed by atoms with Gasteiger partial charge in [0.15, 0.2) is 0 Å². The first-order valence-corrected chi connectivity index (χ1v) is 11.3. The third kappa shape index (κ3) is 6.23. The maximum Gasteiger partial charge on any atom is 0.309 e. The van der Waals surface area contributed by atoms with Crippen LogP contribution in [0.3, 0.4) is 0 Å². The number of piperidine rings is 1. The molecule has 2 atom stereocenters. The van der Waals surface area contributed by atoms with E-state index >= 15 is 0 Å². The van der Waals surface area contributed by atoms with E-state index in [1.165, 1.54) is 32.1 Å². The van der Waals surface area contributed by atoms with Crippen LogP contribution in [0.4, 0.5) is 0 Å². The van der Waals surface area contributed by atoms with Crippen LogP contribution in [0.1, 0.15) is 97.3 Å². The predicted molar refractivity (Wildman–Crippen MR) is 108 cm³/mol. The summed E-state index contributed by atoms with van der Waals surface area (Å²) in [7, 11) is 0. The van der Waals surface area contributed by atoms with Gasteiger partial charge in [-0.1, -0.05) is 52.4 Å². The molecule has 4 heteroatoms. The Kier molecular flexibility index (Phi) is 9.41. The van der Waals surface area contributed by atoms with Gasteiger partial charge < -0.3 is 15.8 Å². The summed E-state index contributed by atoms with van der Waals surface area (Å²) in [6.07, 6.45) is 15.1. The van der Waals surface area contributed by atoms with Crippen LogP contribution in [0.2, 0.25) is 0 Å². The molecule has 2 unspecified atom stereocenters. The van der Waals surface area contributed by atoms with Gasteiger partial charge in [0, 0.05) is 18.0 Å². The molecule has 0 radical (unpaired) electrons. The third-order valence-corrected chi connectivity index (χ3v) is 6.83. The normalized spacial score (nSPS) is 30.3. The highest BCUT2D eigenvalue weighted by Crippen LogP contribution is 2.44. The van der Waals surface area contributed by atoms with Gasteiger partial charge in [-0.05, 0) is 51.5 Å². The minimum Gasteiger partial charge on any atom is -0.460 e. The zero-order valence-electron chi connectivity index (χ0n) is 17.2. The Balaban J connectivity index is 1.81. The van der Waals surface area contributed by atoms with Gasteiger partial charge in [-0.25, -0.2) is 0 Å². The summed E-state index contributed by atoms with van der Waals surface area (Å²) in [6.45, 7) is 6.22. The molecule has 152 valence electrons. The van der Waals surface area contributed by atoms with Crippen molar-refractivity contribution in [2.45, 2.75) is 109 Å². The molecular weight excluding hydrogens is 324 g/mol. The number of hydrogen-bond acceptors (Lipinski definition) is 4. The quantitative estimate of drug-likeness (QED) is 0.439. The van der Waals surface area contributed by atoms with Gasteiger partial charge >= 0.3 is 5.97 Å². The monoisotopic (exact) mass is 366 g/mol. The van der Waals surface area contributed by atoms with E-state index in [-0.39, 0.29) is 23.4 Å². The number of nitrogens with two attached hydrogens (primary N) is 1. The molecule has 2 aliphatic rings. The van der Waals surface area contributed by atoms with Crippen LogP contribution in [-0.4, -0.2) is 31.2 Å². The number of carbonyl (C=O) groups excluding carboxylic acids is 1. The highest BCUT2D eigenvalue weighted by molar-refractivity contribution is 5.72. The van der Waals surface area contributed by atoms with E-state index in [9.17, 15) is 4.79 Å². The third-order valence-electron chi connectivity index (χ3n) is 6.83. The number of ether oxygens (including phenoxy) is 1. The standard InChI is InChI=1S/C22H42N2O2/c1-3-5-6-7-8-9-10-18(4-2)21(25)26-20-17-24-16-15-22(20)13-11-19(23)12-14-22/h18-20,24H,3-17,23H2,1-2H3. The Bertz CT molecular complexity index is 405. The zero-order chi connectivity index (χ0) is 18.8. The number of carbonyl (C=O) groups is 1. The van der Waals surface area contributed by atoms with Crippen molar-refractivity contribution in [3.8, 4) is 0 Å². The van der Waals surface area contributed by atoms with Crippen molar-refractivity contribution in [1.82, 2.24) is 5.32 Å². The van der Waals surface area contributed by atoms with Crippen molar-refractivity contribution < 1.29 is 9.53 Å². The second-order valence-corrected chi connectivity index (χ2v) is 8.74. The smallest absolute Gasteiger partial charge is 0.309 e. The molecule has 1 aliphatic carbocycles. The fourth-order valence-corrected chi connectivity index (χ4v) is 4.80. The SMILES string of the molecule is CCCCCCCCC(CC)C(=O)OC1CNCCC12CCC(N)CC2. The summed E-state index contributed by atoms with van der Waals surface area (Å²) in [5.41, 5.74) is 6.29. The minimum absolute atomic E-state index is 0.0369. The fraction of sp³-hybridized carbons (Fsp3) is 0.955. The molecule has 2 rings (SSSR count). The lowest BCUT2D eigenvalue weighted by molar-refractivity contribution is -0.166. The van der Waals surface area contributed by atoms with Gasteiger partial charge in [-0.2, -0.15) is 0 Å². The minimum atomic E-state index is 0.0369. The molecule has 0 aromatic rings. The zero-order valence-corrected chi connectivity index (χ0v) is 17.2. The topological polar surface area (TPSA) is 64.3 Å². The van der Waals surface area contributed by atoms with Crippen molar-refractivity contribution in [3.63, 3.8) is 0 Å². The maximum atomic E-state index is 12.8. The van der Waals surface area contributed by atoms with E-state index in [0.29, 0.717) is 6.04 Å². The van der Waals surface area contributed by atoms with Crippen LogP contribution in [0.25, 0.3) is 0 Å². The number of unbranched alkanes of at least 4 members (excludes halogenated alkanes) is 5. The second-order valence-electron chi connectivity index (χ2n) is 8.74. The fourth-order valence-electron chi connectivity index (χ4n) is 4.80. The highest BCUT2D eigenvalue weighted by Gasteiger charge is 2.45. The number of nitrogens with one attached hydrogen (secondary N) is 1. The lowest BCUT2D eigenvalue weighted by Crippen LogP contribution is -2.53. The Hall–Kier alpha value is -0.610. The van der Waals surface area contributed by atoms with E-state index in [0.717, 1.165) is 64.5 Å². The van der Waals surface area contributed by atoms with Crippen molar-refractivity contribution in [2.75, 3.05) is 13.1 Å². The van der Waals surface area contributed by atoms with Crippen molar-refractivity contribution in [3.05, 3.63) is 0 Å². The van der Waals surface area contributed by atoms with Crippen molar-refractivity contribution >= 4 is 5.97 Å². The molecule has 2 fully saturated rings. The van der Waals surface area contributed by atoms with Gasteiger partial charge in [0.05, 0.1) is 5.92 Å². The van der Waals surface area contributed by atoms with Crippen LogP contribution in [0.5, 0.6) is 0 Å². The van der Waals surface area contributed by atoms with E-state index in [2.05, 4.69) is 19.2 Å². The molecule has 1 heterocycles. The highest BCUT2D eigenvalue weighted by atomic mass is 16.5. The molecule has 1 spiro atoms. The molecule has 0 amide bonds. The summed E-state index contributed by atoms with van der Waals surface area (Å²) >= 11 is 0. The van der Waals surface area contributed by atoms with Gasteiger partial charge in [-0.15, -0.1) is 0 Å². The Morgan fingerprint density at radius 1 is 1.12 bits per heavy atom.